The van der Waals surface area contributed by atoms with Crippen molar-refractivity contribution in [3.05, 3.63) is 24.3 Å². The van der Waals surface area contributed by atoms with Gasteiger partial charge in [-0.05, 0) is 25.2 Å². The number of benzene rings is 1. The molecule has 0 aliphatic heterocycles. The van der Waals surface area contributed by atoms with Gasteiger partial charge in [0.1, 0.15) is 0 Å². The Kier molecular flexibility index (Phi) is 6.87. The molecule has 0 bridgehead atoms. The highest BCUT2D eigenvalue weighted by Crippen LogP contribution is 2.22. The SMILES string of the molecule is CCN(CC)CCN(CCC(=O)O)c1ccccc1N. The first-order valence-corrected chi connectivity index (χ1v) is 7.12. The molecule has 0 fully saturated rings. The molecule has 1 aromatic carbocycles. The molecular formula is C15H25N3O2. The van der Waals surface area contributed by atoms with E-state index in [0.29, 0.717) is 12.2 Å². The molecule has 5 heteroatoms. The van der Waals surface area contributed by atoms with E-state index in [4.69, 9.17) is 10.8 Å². The van der Waals surface area contributed by atoms with Gasteiger partial charge in [0.25, 0.3) is 0 Å². The van der Waals surface area contributed by atoms with Crippen LogP contribution in [0.5, 0.6) is 0 Å². The molecule has 0 radical (unpaired) electrons. The van der Waals surface area contributed by atoms with E-state index >= 15 is 0 Å². The molecule has 0 saturated carbocycles. The smallest absolute Gasteiger partial charge is 0.305 e. The Morgan fingerprint density at radius 3 is 2.35 bits per heavy atom. The highest BCUT2D eigenvalue weighted by atomic mass is 16.4. The quantitative estimate of drug-likeness (QED) is 0.676. The van der Waals surface area contributed by atoms with Gasteiger partial charge in [-0.25, -0.2) is 0 Å². The number of nitrogens with zero attached hydrogens (tertiary/aromatic N) is 2. The van der Waals surface area contributed by atoms with Crippen LogP contribution < -0.4 is 10.6 Å². The average molecular weight is 279 g/mol. The van der Waals surface area contributed by atoms with Crippen LogP contribution in [-0.2, 0) is 4.79 Å². The predicted molar refractivity (Wildman–Crippen MR) is 83.1 cm³/mol. The summed E-state index contributed by atoms with van der Waals surface area (Å²) in [5.41, 5.74) is 7.61. The Hall–Kier alpha value is -1.75. The Morgan fingerprint density at radius 2 is 1.80 bits per heavy atom. The summed E-state index contributed by atoms with van der Waals surface area (Å²) in [6, 6.07) is 7.61. The molecule has 0 aliphatic rings. The number of hydrogen-bond acceptors (Lipinski definition) is 4. The second-order valence-corrected chi connectivity index (χ2v) is 4.72. The third kappa shape index (κ3) is 5.09. The maximum absolute atomic E-state index is 10.8. The summed E-state index contributed by atoms with van der Waals surface area (Å²) in [6.07, 6.45) is 0.118. The molecule has 0 atom stereocenters. The molecule has 0 heterocycles. The standard InChI is InChI=1S/C15H25N3O2/c1-3-17(4-2)11-12-18(10-9-15(19)20)14-8-6-5-7-13(14)16/h5-8H,3-4,9-12,16H2,1-2H3,(H,19,20). The Balaban J connectivity index is 2.74. The van der Waals surface area contributed by atoms with Crippen molar-refractivity contribution in [1.82, 2.24) is 4.90 Å². The van der Waals surface area contributed by atoms with Crippen LogP contribution >= 0.6 is 0 Å². The van der Waals surface area contributed by atoms with Crippen molar-refractivity contribution in [2.45, 2.75) is 20.3 Å². The van der Waals surface area contributed by atoms with Crippen LogP contribution in [-0.4, -0.2) is 48.7 Å². The molecule has 1 aromatic rings. The van der Waals surface area contributed by atoms with Crippen molar-refractivity contribution in [1.29, 1.82) is 0 Å². The van der Waals surface area contributed by atoms with Crippen molar-refractivity contribution in [2.75, 3.05) is 43.4 Å². The first-order chi connectivity index (χ1) is 9.58. The van der Waals surface area contributed by atoms with Crippen molar-refractivity contribution < 1.29 is 9.90 Å². The summed E-state index contributed by atoms with van der Waals surface area (Å²) in [4.78, 5) is 15.2. The summed E-state index contributed by atoms with van der Waals surface area (Å²) in [7, 11) is 0. The van der Waals surface area contributed by atoms with Gasteiger partial charge in [0.05, 0.1) is 17.8 Å². The largest absolute Gasteiger partial charge is 0.481 e. The molecule has 0 aliphatic carbocycles. The molecule has 3 N–H and O–H groups in total. The van der Waals surface area contributed by atoms with Crippen LogP contribution in [0.1, 0.15) is 20.3 Å². The van der Waals surface area contributed by atoms with Crippen molar-refractivity contribution in [3.63, 3.8) is 0 Å². The molecule has 5 nitrogen and oxygen atoms in total. The molecule has 20 heavy (non-hydrogen) atoms. The van der Waals surface area contributed by atoms with E-state index in [-0.39, 0.29) is 6.42 Å². The molecular weight excluding hydrogens is 254 g/mol. The number of para-hydroxylation sites is 2. The van der Waals surface area contributed by atoms with Gasteiger partial charge in [-0.15, -0.1) is 0 Å². The first kappa shape index (κ1) is 16.3. The van der Waals surface area contributed by atoms with Crippen LogP contribution in [0.25, 0.3) is 0 Å². The van der Waals surface area contributed by atoms with Crippen LogP contribution in [0, 0.1) is 0 Å². The van der Waals surface area contributed by atoms with Gasteiger partial charge in [-0.1, -0.05) is 26.0 Å². The lowest BCUT2D eigenvalue weighted by Gasteiger charge is -2.28. The molecule has 0 spiro atoms. The Bertz CT molecular complexity index is 419. The zero-order chi connectivity index (χ0) is 15.0. The molecule has 0 aromatic heterocycles. The highest BCUT2D eigenvalue weighted by molar-refractivity contribution is 5.70. The van der Waals surface area contributed by atoms with Gasteiger partial charge in [0.2, 0.25) is 0 Å². The van der Waals surface area contributed by atoms with Gasteiger partial charge in [-0.3, -0.25) is 4.79 Å². The number of anilines is 2. The van der Waals surface area contributed by atoms with Crippen LogP contribution in [0.4, 0.5) is 11.4 Å². The van der Waals surface area contributed by atoms with E-state index in [2.05, 4.69) is 23.6 Å². The number of rotatable bonds is 9. The maximum atomic E-state index is 10.8. The summed E-state index contributed by atoms with van der Waals surface area (Å²) in [5, 5.41) is 8.88. The second kappa shape index (κ2) is 8.43. The summed E-state index contributed by atoms with van der Waals surface area (Å²) < 4.78 is 0. The number of hydrogen-bond donors (Lipinski definition) is 2. The third-order valence-corrected chi connectivity index (χ3v) is 3.45. The van der Waals surface area contributed by atoms with Gasteiger partial charge in [0.15, 0.2) is 0 Å². The fourth-order valence-electron chi connectivity index (χ4n) is 2.16. The van der Waals surface area contributed by atoms with Gasteiger partial charge in [0, 0.05) is 19.6 Å². The number of nitrogen functional groups attached to an aromatic ring is 1. The summed E-state index contributed by atoms with van der Waals surface area (Å²) in [5.74, 6) is -0.785. The van der Waals surface area contributed by atoms with Gasteiger partial charge in [-0.2, -0.15) is 0 Å². The lowest BCUT2D eigenvalue weighted by molar-refractivity contribution is -0.136. The van der Waals surface area contributed by atoms with E-state index in [0.717, 1.165) is 31.9 Å². The Morgan fingerprint density at radius 1 is 1.15 bits per heavy atom. The minimum atomic E-state index is -0.785. The minimum absolute atomic E-state index is 0.118. The molecule has 0 amide bonds. The number of carboxylic acids is 1. The first-order valence-electron chi connectivity index (χ1n) is 7.12. The van der Waals surface area contributed by atoms with Crippen molar-refractivity contribution >= 4 is 17.3 Å². The average Bonchev–Trinajstić information content (AvgIpc) is 2.44. The fraction of sp³-hybridized carbons (Fsp3) is 0.533. The van der Waals surface area contributed by atoms with E-state index in [9.17, 15) is 4.79 Å². The van der Waals surface area contributed by atoms with Gasteiger partial charge >= 0.3 is 5.97 Å². The minimum Gasteiger partial charge on any atom is -0.481 e. The number of aliphatic carboxylic acids is 1. The van der Waals surface area contributed by atoms with E-state index in [1.807, 2.05) is 24.3 Å². The second-order valence-electron chi connectivity index (χ2n) is 4.72. The zero-order valence-corrected chi connectivity index (χ0v) is 12.4. The van der Waals surface area contributed by atoms with E-state index in [1.165, 1.54) is 0 Å². The molecule has 1 rings (SSSR count). The number of carbonyl (C=O) groups is 1. The van der Waals surface area contributed by atoms with Gasteiger partial charge < -0.3 is 20.6 Å². The fourth-order valence-corrected chi connectivity index (χ4v) is 2.16. The number of likely N-dealkylation sites (N-methyl/N-ethyl adjacent to an activating group) is 1. The van der Waals surface area contributed by atoms with Crippen LogP contribution in [0.2, 0.25) is 0 Å². The molecule has 0 unspecified atom stereocenters. The lowest BCUT2D eigenvalue weighted by atomic mass is 10.2. The van der Waals surface area contributed by atoms with Crippen molar-refractivity contribution in [2.24, 2.45) is 0 Å². The van der Waals surface area contributed by atoms with E-state index in [1.54, 1.807) is 0 Å². The maximum Gasteiger partial charge on any atom is 0.305 e. The van der Waals surface area contributed by atoms with E-state index < -0.39 is 5.97 Å². The van der Waals surface area contributed by atoms with Crippen molar-refractivity contribution in [3.8, 4) is 0 Å². The Labute approximate surface area is 121 Å². The number of carboxylic acid groups (broad SMARTS) is 1. The lowest BCUT2D eigenvalue weighted by Crippen LogP contribution is -2.36. The van der Waals surface area contributed by atoms with Crippen LogP contribution in [0.15, 0.2) is 24.3 Å². The molecule has 112 valence electrons. The summed E-state index contributed by atoms with van der Waals surface area (Å²) >= 11 is 0. The number of nitrogens with two attached hydrogens (primary N) is 1. The molecule has 0 saturated heterocycles. The highest BCUT2D eigenvalue weighted by Gasteiger charge is 2.12. The zero-order valence-electron chi connectivity index (χ0n) is 12.4. The summed E-state index contributed by atoms with van der Waals surface area (Å²) in [6.45, 7) is 8.40. The van der Waals surface area contributed by atoms with Crippen LogP contribution in [0.3, 0.4) is 0 Å². The topological polar surface area (TPSA) is 69.8 Å². The third-order valence-electron chi connectivity index (χ3n) is 3.45. The normalized spacial score (nSPS) is 10.8. The predicted octanol–water partition coefficient (Wildman–Crippen LogP) is 1.89. The monoisotopic (exact) mass is 279 g/mol.